The van der Waals surface area contributed by atoms with Gasteiger partial charge in [0, 0.05) is 42.9 Å². The van der Waals surface area contributed by atoms with E-state index >= 15 is 0 Å². The molecule has 3 aromatic rings. The fourth-order valence-corrected chi connectivity index (χ4v) is 6.82. The van der Waals surface area contributed by atoms with Crippen LogP contribution in [0.1, 0.15) is 37.3 Å². The number of ether oxygens (including phenoxy) is 1. The number of rotatable bonds is 11. The minimum atomic E-state index is -0.707. The molecule has 3 atom stereocenters. The van der Waals surface area contributed by atoms with Gasteiger partial charge >= 0.3 is 5.97 Å². The molecule has 0 aliphatic carbocycles. The number of likely N-dealkylation sites (tertiary alicyclic amines) is 1. The molecule has 8 heteroatoms. The standard InChI is InChI=1S/C26H33N3O3S2/c1-32-20-5-7-24-22(16-20)21(8-10-28-24)23(27)6-4-18-9-11-29(17-19(18)15-25(30)31)12-14-34-26-3-2-13-33-26/h2-3,5,7-8,10,13,16,18-19,23H,4,6,9,11-12,14-15,17,27H2,1H3,(H,30,31)/t18-,19+,23+/m1/s1. The molecule has 0 bridgehead atoms. The van der Waals surface area contributed by atoms with Gasteiger partial charge in [-0.15, -0.1) is 23.1 Å². The summed E-state index contributed by atoms with van der Waals surface area (Å²) < 4.78 is 6.73. The number of thiophene rings is 1. The molecule has 1 aromatic carbocycles. The van der Waals surface area contributed by atoms with E-state index in [1.165, 1.54) is 4.21 Å². The Labute approximate surface area is 209 Å². The summed E-state index contributed by atoms with van der Waals surface area (Å²) in [6.07, 6.45) is 4.82. The summed E-state index contributed by atoms with van der Waals surface area (Å²) in [6, 6.07) is 12.0. The Morgan fingerprint density at radius 1 is 1.35 bits per heavy atom. The lowest BCUT2D eigenvalue weighted by Gasteiger charge is -2.38. The van der Waals surface area contributed by atoms with E-state index in [0.29, 0.717) is 5.92 Å². The largest absolute Gasteiger partial charge is 0.497 e. The highest BCUT2D eigenvalue weighted by atomic mass is 32.2. The van der Waals surface area contributed by atoms with Crippen LogP contribution in [0.3, 0.4) is 0 Å². The Morgan fingerprint density at radius 2 is 2.24 bits per heavy atom. The number of aliphatic carboxylic acids is 1. The SMILES string of the molecule is COc1ccc2nccc([C@@H](N)CC[C@@H]3CCN(CCSc4cccs4)C[C@@H]3CC(=O)O)c2c1. The van der Waals surface area contributed by atoms with Gasteiger partial charge in [-0.25, -0.2) is 0 Å². The minimum absolute atomic E-state index is 0.122. The number of hydrogen-bond donors (Lipinski definition) is 2. The molecule has 1 aliphatic rings. The van der Waals surface area contributed by atoms with Crippen LogP contribution >= 0.6 is 23.1 Å². The van der Waals surface area contributed by atoms with Crippen LogP contribution in [0.5, 0.6) is 5.75 Å². The molecule has 0 saturated carbocycles. The Kier molecular flexibility index (Phi) is 8.83. The Balaban J connectivity index is 1.35. The topological polar surface area (TPSA) is 88.7 Å². The van der Waals surface area contributed by atoms with Crippen molar-refractivity contribution in [2.75, 3.05) is 32.5 Å². The molecule has 1 aliphatic heterocycles. The smallest absolute Gasteiger partial charge is 0.303 e. The maximum Gasteiger partial charge on any atom is 0.303 e. The van der Waals surface area contributed by atoms with E-state index in [4.69, 9.17) is 10.5 Å². The molecular weight excluding hydrogens is 466 g/mol. The van der Waals surface area contributed by atoms with Crippen molar-refractivity contribution in [1.29, 1.82) is 0 Å². The van der Waals surface area contributed by atoms with Crippen molar-refractivity contribution in [3.8, 4) is 5.75 Å². The van der Waals surface area contributed by atoms with E-state index < -0.39 is 5.97 Å². The number of pyridine rings is 1. The van der Waals surface area contributed by atoms with Crippen LogP contribution < -0.4 is 10.5 Å². The number of nitrogens with zero attached hydrogens (tertiary/aromatic N) is 2. The first-order chi connectivity index (χ1) is 16.5. The predicted molar refractivity (Wildman–Crippen MR) is 140 cm³/mol. The lowest BCUT2D eigenvalue weighted by molar-refractivity contribution is -0.139. The summed E-state index contributed by atoms with van der Waals surface area (Å²) >= 11 is 3.65. The van der Waals surface area contributed by atoms with Crippen LogP contribution in [-0.2, 0) is 4.79 Å². The van der Waals surface area contributed by atoms with E-state index in [2.05, 4.69) is 27.4 Å². The summed E-state index contributed by atoms with van der Waals surface area (Å²) in [4.78, 5) is 18.5. The van der Waals surface area contributed by atoms with Gasteiger partial charge < -0.3 is 20.5 Å². The summed E-state index contributed by atoms with van der Waals surface area (Å²) in [7, 11) is 1.66. The molecule has 3 heterocycles. The van der Waals surface area contributed by atoms with E-state index in [1.807, 2.05) is 42.2 Å². The lowest BCUT2D eigenvalue weighted by atomic mass is 9.79. The number of piperidine rings is 1. The number of benzene rings is 1. The van der Waals surface area contributed by atoms with Gasteiger partial charge in [-0.2, -0.15) is 0 Å². The summed E-state index contributed by atoms with van der Waals surface area (Å²) in [5.74, 6) is 1.67. The van der Waals surface area contributed by atoms with Gasteiger partial charge in [-0.3, -0.25) is 9.78 Å². The van der Waals surface area contributed by atoms with Crippen LogP contribution in [0, 0.1) is 11.8 Å². The molecule has 2 aromatic heterocycles. The zero-order valence-electron chi connectivity index (χ0n) is 19.6. The first-order valence-corrected chi connectivity index (χ1v) is 13.7. The molecule has 6 nitrogen and oxygen atoms in total. The second-order valence-electron chi connectivity index (χ2n) is 8.95. The second-order valence-corrected chi connectivity index (χ2v) is 11.3. The van der Waals surface area contributed by atoms with Crippen LogP contribution in [0.25, 0.3) is 10.9 Å². The van der Waals surface area contributed by atoms with E-state index in [0.717, 1.165) is 66.9 Å². The van der Waals surface area contributed by atoms with Gasteiger partial charge in [0.2, 0.25) is 0 Å². The van der Waals surface area contributed by atoms with Gasteiger partial charge in [-0.05, 0) is 78.9 Å². The fraction of sp³-hybridized carbons (Fsp3) is 0.462. The van der Waals surface area contributed by atoms with Gasteiger partial charge in [0.1, 0.15) is 5.75 Å². The van der Waals surface area contributed by atoms with Gasteiger partial charge in [0.25, 0.3) is 0 Å². The average molecular weight is 500 g/mol. The zero-order valence-corrected chi connectivity index (χ0v) is 21.2. The number of hydrogen-bond acceptors (Lipinski definition) is 7. The van der Waals surface area contributed by atoms with Crippen molar-refractivity contribution >= 4 is 40.0 Å². The summed E-state index contributed by atoms with van der Waals surface area (Å²) in [5.41, 5.74) is 8.64. The first kappa shape index (κ1) is 25.0. The lowest BCUT2D eigenvalue weighted by Crippen LogP contribution is -2.42. The number of methoxy groups -OCH3 is 1. The molecule has 0 radical (unpaired) electrons. The number of nitrogens with two attached hydrogens (primary N) is 1. The maximum atomic E-state index is 11.6. The van der Waals surface area contributed by atoms with Crippen molar-refractivity contribution in [1.82, 2.24) is 9.88 Å². The van der Waals surface area contributed by atoms with E-state index in [-0.39, 0.29) is 18.4 Å². The third-order valence-electron chi connectivity index (χ3n) is 6.79. The highest BCUT2D eigenvalue weighted by molar-refractivity contribution is 8.01. The molecule has 0 unspecified atom stereocenters. The molecule has 3 N–H and O–H groups in total. The predicted octanol–water partition coefficient (Wildman–Crippen LogP) is 5.29. The van der Waals surface area contributed by atoms with Crippen LogP contribution in [0.4, 0.5) is 0 Å². The molecule has 0 spiro atoms. The maximum absolute atomic E-state index is 11.6. The third-order valence-corrected chi connectivity index (χ3v) is 8.90. The average Bonchev–Trinajstić information content (AvgIpc) is 3.36. The number of carbonyl (C=O) groups is 1. The highest BCUT2D eigenvalue weighted by Gasteiger charge is 2.31. The number of aromatic nitrogens is 1. The van der Waals surface area contributed by atoms with Crippen molar-refractivity contribution in [2.45, 2.75) is 35.9 Å². The monoisotopic (exact) mass is 499 g/mol. The summed E-state index contributed by atoms with van der Waals surface area (Å²) in [6.45, 7) is 2.87. The molecular formula is C26H33N3O3S2. The second kappa shape index (κ2) is 12.0. The molecule has 4 rings (SSSR count). The quantitative estimate of drug-likeness (QED) is 0.347. The number of carboxylic acid groups (broad SMARTS) is 1. The zero-order chi connectivity index (χ0) is 23.9. The van der Waals surface area contributed by atoms with Gasteiger partial charge in [-0.1, -0.05) is 6.07 Å². The molecule has 0 amide bonds. The fourth-order valence-electron chi connectivity index (χ4n) is 4.96. The normalized spacial score (nSPS) is 19.8. The highest BCUT2D eigenvalue weighted by Crippen LogP contribution is 2.34. The Morgan fingerprint density at radius 3 is 3.00 bits per heavy atom. The molecule has 1 saturated heterocycles. The van der Waals surface area contributed by atoms with Gasteiger partial charge in [0.15, 0.2) is 0 Å². The third kappa shape index (κ3) is 6.50. The Hall–Kier alpha value is -2.13. The van der Waals surface area contributed by atoms with Crippen LogP contribution in [0.15, 0.2) is 52.2 Å². The van der Waals surface area contributed by atoms with Crippen molar-refractivity contribution in [3.05, 3.63) is 53.5 Å². The van der Waals surface area contributed by atoms with Crippen molar-refractivity contribution in [3.63, 3.8) is 0 Å². The number of carboxylic acids is 1. The van der Waals surface area contributed by atoms with E-state index in [9.17, 15) is 9.90 Å². The van der Waals surface area contributed by atoms with E-state index in [1.54, 1.807) is 18.4 Å². The van der Waals surface area contributed by atoms with Crippen LogP contribution in [0.2, 0.25) is 0 Å². The first-order valence-electron chi connectivity index (χ1n) is 11.8. The molecule has 34 heavy (non-hydrogen) atoms. The minimum Gasteiger partial charge on any atom is -0.497 e. The van der Waals surface area contributed by atoms with Crippen molar-refractivity contribution in [2.24, 2.45) is 17.6 Å². The Bertz CT molecular complexity index is 1080. The van der Waals surface area contributed by atoms with Crippen molar-refractivity contribution < 1.29 is 14.6 Å². The molecule has 1 fully saturated rings. The van der Waals surface area contributed by atoms with Gasteiger partial charge in [0.05, 0.1) is 16.8 Å². The number of fused-ring (bicyclic) bond motifs is 1. The summed E-state index contributed by atoms with van der Waals surface area (Å²) in [5, 5.41) is 12.7. The van der Waals surface area contributed by atoms with Crippen LogP contribution in [-0.4, -0.2) is 53.5 Å². The molecule has 182 valence electrons. The number of thioether (sulfide) groups is 1.